The molecule has 2 aromatic carbocycles. The fraction of sp³-hybridized carbons (Fsp3) is 0. The zero-order valence-corrected chi connectivity index (χ0v) is 14.9. The van der Waals surface area contributed by atoms with Gasteiger partial charge >= 0.3 is 5.97 Å². The number of benzene rings is 2. The number of hydrogen-bond acceptors (Lipinski definition) is 5. The lowest BCUT2D eigenvalue weighted by atomic mass is 10.1. The second-order valence-corrected chi connectivity index (χ2v) is 6.17. The van der Waals surface area contributed by atoms with Gasteiger partial charge in [-0.05, 0) is 36.4 Å². The monoisotopic (exact) mass is 383 g/mol. The minimum atomic E-state index is -1.10. The zero-order valence-electron chi connectivity index (χ0n) is 14.9. The summed E-state index contributed by atoms with van der Waals surface area (Å²) in [5, 5.41) is 20.9. The smallest absolute Gasteiger partial charge is 0.337 e. The lowest BCUT2D eigenvalue weighted by molar-refractivity contribution is 0.0698. The van der Waals surface area contributed by atoms with Crippen LogP contribution in [0.25, 0.3) is 22.3 Å². The van der Waals surface area contributed by atoms with E-state index in [0.29, 0.717) is 27.9 Å². The molecule has 0 saturated carbocycles. The number of carbonyl (C=O) groups excluding carboxylic acids is 1. The molecule has 1 amide bonds. The highest BCUT2D eigenvalue weighted by Crippen LogP contribution is 2.21. The van der Waals surface area contributed by atoms with Crippen LogP contribution in [-0.2, 0) is 0 Å². The number of nitriles is 1. The molecule has 8 heteroatoms. The van der Waals surface area contributed by atoms with E-state index in [0.717, 1.165) is 0 Å². The average molecular weight is 383 g/mol. The molecule has 4 rings (SSSR count). The Bertz CT molecular complexity index is 1300. The van der Waals surface area contributed by atoms with Gasteiger partial charge in [0.05, 0.1) is 28.4 Å². The van der Waals surface area contributed by atoms with Crippen molar-refractivity contribution in [3.8, 4) is 17.3 Å². The number of carbonyl (C=O) groups is 2. The van der Waals surface area contributed by atoms with Crippen LogP contribution in [0.15, 0.2) is 60.8 Å². The van der Waals surface area contributed by atoms with Crippen molar-refractivity contribution >= 4 is 28.9 Å². The molecule has 0 aliphatic rings. The predicted molar refractivity (Wildman–Crippen MR) is 105 cm³/mol. The predicted octanol–water partition coefficient (Wildman–Crippen LogP) is 3.45. The summed E-state index contributed by atoms with van der Waals surface area (Å²) in [7, 11) is 0. The second-order valence-electron chi connectivity index (χ2n) is 6.17. The lowest BCUT2D eigenvalue weighted by Gasteiger charge is -2.05. The van der Waals surface area contributed by atoms with E-state index in [1.54, 1.807) is 48.5 Å². The molecular formula is C21H13N5O3. The van der Waals surface area contributed by atoms with Crippen molar-refractivity contribution in [1.82, 2.24) is 15.0 Å². The Morgan fingerprint density at radius 1 is 1.10 bits per heavy atom. The Labute approximate surface area is 164 Å². The normalized spacial score (nSPS) is 10.4. The number of aromatic nitrogens is 3. The molecule has 140 valence electrons. The van der Waals surface area contributed by atoms with Crippen molar-refractivity contribution in [2.45, 2.75) is 0 Å². The molecule has 0 fully saturated rings. The third kappa shape index (κ3) is 3.52. The molecule has 8 nitrogen and oxygen atoms in total. The minimum absolute atomic E-state index is 0.0443. The summed E-state index contributed by atoms with van der Waals surface area (Å²) in [6.45, 7) is 0. The number of aromatic carboxylic acids is 1. The Balaban J connectivity index is 1.62. The highest BCUT2D eigenvalue weighted by molar-refractivity contribution is 6.06. The number of carboxylic acids is 1. The van der Waals surface area contributed by atoms with Gasteiger partial charge in [-0.3, -0.25) is 15.1 Å². The van der Waals surface area contributed by atoms with Crippen LogP contribution in [0.4, 0.5) is 5.95 Å². The molecule has 0 unspecified atom stereocenters. The maximum Gasteiger partial charge on any atom is 0.337 e. The first-order valence-electron chi connectivity index (χ1n) is 8.55. The number of carboxylic acid groups (broad SMARTS) is 1. The van der Waals surface area contributed by atoms with Gasteiger partial charge in [0.2, 0.25) is 5.95 Å². The van der Waals surface area contributed by atoms with Crippen LogP contribution in [0.1, 0.15) is 26.3 Å². The molecule has 3 N–H and O–H groups in total. The Morgan fingerprint density at radius 3 is 2.72 bits per heavy atom. The number of anilines is 1. The molecule has 0 atom stereocenters. The van der Waals surface area contributed by atoms with E-state index in [9.17, 15) is 14.7 Å². The van der Waals surface area contributed by atoms with Crippen LogP contribution in [0.3, 0.4) is 0 Å². The van der Waals surface area contributed by atoms with E-state index in [1.165, 1.54) is 12.3 Å². The number of nitrogens with zero attached hydrogens (tertiary/aromatic N) is 3. The van der Waals surface area contributed by atoms with Gasteiger partial charge in [-0.15, -0.1) is 0 Å². The molecule has 0 aliphatic heterocycles. The number of para-hydroxylation sites is 1. The maximum absolute atomic E-state index is 12.6. The van der Waals surface area contributed by atoms with E-state index in [1.807, 2.05) is 0 Å². The summed E-state index contributed by atoms with van der Waals surface area (Å²) in [6, 6.07) is 16.9. The van der Waals surface area contributed by atoms with Crippen molar-refractivity contribution in [2.24, 2.45) is 0 Å². The molecule has 0 spiro atoms. The Morgan fingerprint density at radius 2 is 1.93 bits per heavy atom. The molecule has 2 heterocycles. The minimum Gasteiger partial charge on any atom is -0.478 e. The quantitative estimate of drug-likeness (QED) is 0.494. The summed E-state index contributed by atoms with van der Waals surface area (Å²) < 4.78 is 0. The van der Waals surface area contributed by atoms with Crippen LogP contribution in [0.5, 0.6) is 0 Å². The second kappa shape index (κ2) is 7.25. The van der Waals surface area contributed by atoms with Crippen LogP contribution < -0.4 is 5.32 Å². The van der Waals surface area contributed by atoms with Crippen molar-refractivity contribution < 1.29 is 14.7 Å². The topological polar surface area (TPSA) is 132 Å². The molecule has 0 radical (unpaired) electrons. The fourth-order valence-corrected chi connectivity index (χ4v) is 2.92. The summed E-state index contributed by atoms with van der Waals surface area (Å²) >= 11 is 0. The van der Waals surface area contributed by atoms with E-state index in [-0.39, 0.29) is 17.0 Å². The number of H-pyrrole nitrogens is 1. The summed E-state index contributed by atoms with van der Waals surface area (Å²) in [5.74, 6) is -1.39. The third-order valence-corrected chi connectivity index (χ3v) is 4.28. The number of imidazole rings is 1. The number of hydrogen-bond donors (Lipinski definition) is 3. The van der Waals surface area contributed by atoms with Crippen LogP contribution in [0.2, 0.25) is 0 Å². The molecule has 0 aliphatic carbocycles. The SMILES string of the molecule is N#Cc1cccc(-c2cc(C(=O)Nc3nc4c(C(=O)O)cccc4[nH]3)ccn2)c1. The van der Waals surface area contributed by atoms with Crippen LogP contribution in [0, 0.1) is 11.3 Å². The molecule has 0 saturated heterocycles. The highest BCUT2D eigenvalue weighted by atomic mass is 16.4. The molecule has 4 aromatic rings. The van der Waals surface area contributed by atoms with Crippen molar-refractivity contribution in [3.05, 3.63) is 77.5 Å². The number of nitrogens with one attached hydrogen (secondary N) is 2. The fourth-order valence-electron chi connectivity index (χ4n) is 2.92. The van der Waals surface area contributed by atoms with Gasteiger partial charge in [0, 0.05) is 17.3 Å². The summed E-state index contributed by atoms with van der Waals surface area (Å²) in [5.41, 5.74) is 2.92. The van der Waals surface area contributed by atoms with Gasteiger partial charge in [0.25, 0.3) is 5.91 Å². The number of pyridine rings is 1. The third-order valence-electron chi connectivity index (χ3n) is 4.28. The van der Waals surface area contributed by atoms with Gasteiger partial charge in [-0.1, -0.05) is 18.2 Å². The van der Waals surface area contributed by atoms with Gasteiger partial charge in [-0.25, -0.2) is 9.78 Å². The molecular weight excluding hydrogens is 370 g/mol. The molecule has 2 aromatic heterocycles. The van der Waals surface area contributed by atoms with Gasteiger partial charge in [0.15, 0.2) is 0 Å². The summed E-state index contributed by atoms with van der Waals surface area (Å²) in [6.07, 6.45) is 1.50. The van der Waals surface area contributed by atoms with Crippen molar-refractivity contribution in [1.29, 1.82) is 5.26 Å². The largest absolute Gasteiger partial charge is 0.478 e. The first-order chi connectivity index (χ1) is 14.0. The van der Waals surface area contributed by atoms with Gasteiger partial charge in [0.1, 0.15) is 5.52 Å². The number of aromatic amines is 1. The standard InChI is InChI=1S/C21H13N5O3/c22-11-12-3-1-4-13(9-12)17-10-14(7-8-23-17)19(27)26-21-24-16-6-2-5-15(20(28)29)18(16)25-21/h1-10H,(H,28,29)(H2,24,25,26,27). The average Bonchev–Trinajstić information content (AvgIpc) is 3.16. The lowest BCUT2D eigenvalue weighted by Crippen LogP contribution is -2.13. The number of fused-ring (bicyclic) bond motifs is 1. The Kier molecular flexibility index (Phi) is 4.47. The number of rotatable bonds is 4. The first-order valence-corrected chi connectivity index (χ1v) is 8.55. The van der Waals surface area contributed by atoms with E-state index < -0.39 is 11.9 Å². The van der Waals surface area contributed by atoms with Crippen LogP contribution >= 0.6 is 0 Å². The van der Waals surface area contributed by atoms with E-state index in [2.05, 4.69) is 26.3 Å². The van der Waals surface area contributed by atoms with E-state index >= 15 is 0 Å². The number of amides is 1. The first kappa shape index (κ1) is 17.9. The van der Waals surface area contributed by atoms with Gasteiger partial charge < -0.3 is 10.1 Å². The van der Waals surface area contributed by atoms with Crippen molar-refractivity contribution in [2.75, 3.05) is 5.32 Å². The van der Waals surface area contributed by atoms with Crippen LogP contribution in [-0.4, -0.2) is 31.9 Å². The summed E-state index contributed by atoms with van der Waals surface area (Å²) in [4.78, 5) is 35.3. The Hall–Kier alpha value is -4.51. The van der Waals surface area contributed by atoms with Crippen molar-refractivity contribution in [3.63, 3.8) is 0 Å². The zero-order chi connectivity index (χ0) is 20.4. The highest BCUT2D eigenvalue weighted by Gasteiger charge is 2.15. The molecule has 29 heavy (non-hydrogen) atoms. The molecule has 0 bridgehead atoms. The van der Waals surface area contributed by atoms with Gasteiger partial charge in [-0.2, -0.15) is 5.26 Å². The van der Waals surface area contributed by atoms with E-state index in [4.69, 9.17) is 5.26 Å². The maximum atomic E-state index is 12.6.